The summed E-state index contributed by atoms with van der Waals surface area (Å²) >= 11 is 6.29. The molecular formula is C14H17ClN2O. The number of carbonyl (C=O) groups is 1. The van der Waals surface area contributed by atoms with Gasteiger partial charge < -0.3 is 10.6 Å². The van der Waals surface area contributed by atoms with Crippen LogP contribution in [0, 0.1) is 5.92 Å². The van der Waals surface area contributed by atoms with E-state index < -0.39 is 0 Å². The fourth-order valence-electron chi connectivity index (χ4n) is 3.15. The Labute approximate surface area is 112 Å². The van der Waals surface area contributed by atoms with Crippen LogP contribution < -0.4 is 10.6 Å². The standard InChI is InChI=1S/C14H17ClN2O/c15-10-6-7-12-11(8-10)13(17-14(18)16-12)9-4-2-1-3-5-9/h1-5,10-13H,6-8H2,(H2,16,17,18). The van der Waals surface area contributed by atoms with Crippen LogP contribution in [0.2, 0.25) is 0 Å². The van der Waals surface area contributed by atoms with Gasteiger partial charge in [0.05, 0.1) is 6.04 Å². The summed E-state index contributed by atoms with van der Waals surface area (Å²) in [6.07, 6.45) is 2.93. The Kier molecular flexibility index (Phi) is 3.16. The number of hydrogen-bond donors (Lipinski definition) is 2. The number of benzene rings is 1. The van der Waals surface area contributed by atoms with Crippen LogP contribution in [0.4, 0.5) is 4.79 Å². The lowest BCUT2D eigenvalue weighted by Gasteiger charge is -2.43. The summed E-state index contributed by atoms with van der Waals surface area (Å²) in [4.78, 5) is 11.7. The first kappa shape index (κ1) is 11.8. The Hall–Kier alpha value is -1.22. The van der Waals surface area contributed by atoms with Gasteiger partial charge in [-0.05, 0) is 24.8 Å². The molecule has 0 bridgehead atoms. The van der Waals surface area contributed by atoms with Gasteiger partial charge in [0.25, 0.3) is 0 Å². The fourth-order valence-corrected chi connectivity index (χ4v) is 3.48. The summed E-state index contributed by atoms with van der Waals surface area (Å²) in [5, 5.41) is 6.30. The zero-order chi connectivity index (χ0) is 12.5. The molecule has 2 fully saturated rings. The average Bonchev–Trinajstić information content (AvgIpc) is 2.39. The van der Waals surface area contributed by atoms with Crippen LogP contribution in [-0.4, -0.2) is 17.5 Å². The molecule has 4 atom stereocenters. The van der Waals surface area contributed by atoms with Crippen molar-refractivity contribution in [2.45, 2.75) is 36.7 Å². The Bertz CT molecular complexity index is 437. The molecule has 4 heteroatoms. The van der Waals surface area contributed by atoms with E-state index in [2.05, 4.69) is 22.8 Å². The molecule has 1 saturated heterocycles. The second-order valence-corrected chi connectivity index (χ2v) is 5.80. The molecule has 96 valence electrons. The Balaban J connectivity index is 1.88. The van der Waals surface area contributed by atoms with Gasteiger partial charge in [0, 0.05) is 17.3 Å². The van der Waals surface area contributed by atoms with Crippen molar-refractivity contribution >= 4 is 17.6 Å². The van der Waals surface area contributed by atoms with Crippen LogP contribution in [0.25, 0.3) is 0 Å². The second kappa shape index (κ2) is 4.81. The molecule has 1 aliphatic carbocycles. The highest BCUT2D eigenvalue weighted by atomic mass is 35.5. The van der Waals surface area contributed by atoms with E-state index in [9.17, 15) is 4.79 Å². The number of urea groups is 1. The first-order valence-corrected chi connectivity index (χ1v) is 6.94. The van der Waals surface area contributed by atoms with Crippen molar-refractivity contribution in [3.63, 3.8) is 0 Å². The first-order valence-electron chi connectivity index (χ1n) is 6.50. The van der Waals surface area contributed by atoms with Gasteiger partial charge in [-0.3, -0.25) is 0 Å². The van der Waals surface area contributed by atoms with Gasteiger partial charge in [-0.1, -0.05) is 30.3 Å². The minimum Gasteiger partial charge on any atom is -0.335 e. The van der Waals surface area contributed by atoms with Crippen LogP contribution >= 0.6 is 11.6 Å². The third kappa shape index (κ3) is 2.19. The Morgan fingerprint density at radius 3 is 2.67 bits per heavy atom. The molecular weight excluding hydrogens is 248 g/mol. The zero-order valence-electron chi connectivity index (χ0n) is 10.1. The van der Waals surface area contributed by atoms with Crippen molar-refractivity contribution in [2.75, 3.05) is 0 Å². The normalized spacial score (nSPS) is 35.3. The van der Waals surface area contributed by atoms with Gasteiger partial charge in [-0.2, -0.15) is 0 Å². The van der Waals surface area contributed by atoms with E-state index in [0.717, 1.165) is 19.3 Å². The smallest absolute Gasteiger partial charge is 0.315 e. The molecule has 2 amide bonds. The summed E-state index contributed by atoms with van der Waals surface area (Å²) in [5.74, 6) is 0.390. The lowest BCUT2D eigenvalue weighted by atomic mass is 9.76. The van der Waals surface area contributed by atoms with Crippen molar-refractivity contribution in [3.05, 3.63) is 35.9 Å². The Morgan fingerprint density at radius 2 is 1.89 bits per heavy atom. The van der Waals surface area contributed by atoms with E-state index in [1.807, 2.05) is 18.2 Å². The maximum absolute atomic E-state index is 11.7. The number of nitrogens with one attached hydrogen (secondary N) is 2. The summed E-state index contributed by atoms with van der Waals surface area (Å²) in [6.45, 7) is 0. The third-order valence-electron chi connectivity index (χ3n) is 4.03. The molecule has 3 nitrogen and oxygen atoms in total. The molecule has 2 aliphatic rings. The minimum atomic E-state index is -0.0573. The molecule has 1 aromatic rings. The zero-order valence-corrected chi connectivity index (χ0v) is 10.9. The number of rotatable bonds is 1. The maximum Gasteiger partial charge on any atom is 0.315 e. The molecule has 1 aliphatic heterocycles. The molecule has 0 spiro atoms. The van der Waals surface area contributed by atoms with Crippen molar-refractivity contribution in [2.24, 2.45) is 5.92 Å². The highest BCUT2D eigenvalue weighted by molar-refractivity contribution is 6.20. The van der Waals surface area contributed by atoms with Gasteiger partial charge >= 0.3 is 6.03 Å². The van der Waals surface area contributed by atoms with Crippen molar-refractivity contribution in [3.8, 4) is 0 Å². The Morgan fingerprint density at radius 1 is 1.11 bits per heavy atom. The molecule has 1 aromatic carbocycles. The largest absolute Gasteiger partial charge is 0.335 e. The average molecular weight is 265 g/mol. The second-order valence-electron chi connectivity index (χ2n) is 5.19. The number of fused-ring (bicyclic) bond motifs is 1. The topological polar surface area (TPSA) is 41.1 Å². The highest BCUT2D eigenvalue weighted by Gasteiger charge is 2.40. The van der Waals surface area contributed by atoms with Gasteiger partial charge in [-0.25, -0.2) is 4.79 Å². The monoisotopic (exact) mass is 264 g/mol. The molecule has 2 N–H and O–H groups in total. The quantitative estimate of drug-likeness (QED) is 0.753. The van der Waals surface area contributed by atoms with Crippen molar-refractivity contribution in [1.82, 2.24) is 10.6 Å². The lowest BCUT2D eigenvalue weighted by molar-refractivity contribution is 0.163. The number of halogens is 1. The van der Waals surface area contributed by atoms with E-state index >= 15 is 0 Å². The van der Waals surface area contributed by atoms with Gasteiger partial charge in [0.2, 0.25) is 0 Å². The number of alkyl halides is 1. The summed E-state index contributed by atoms with van der Waals surface area (Å²) < 4.78 is 0. The molecule has 18 heavy (non-hydrogen) atoms. The maximum atomic E-state index is 11.7. The minimum absolute atomic E-state index is 0.0573. The summed E-state index contributed by atoms with van der Waals surface area (Å²) in [5.41, 5.74) is 1.17. The summed E-state index contributed by atoms with van der Waals surface area (Å²) in [7, 11) is 0. The van der Waals surface area contributed by atoms with E-state index in [1.54, 1.807) is 0 Å². The molecule has 1 saturated carbocycles. The van der Waals surface area contributed by atoms with Gasteiger partial charge in [0.1, 0.15) is 0 Å². The van der Waals surface area contributed by atoms with E-state index in [0.29, 0.717) is 5.92 Å². The van der Waals surface area contributed by atoms with E-state index in [1.165, 1.54) is 5.56 Å². The number of hydrogen-bond acceptors (Lipinski definition) is 1. The van der Waals surface area contributed by atoms with Crippen LogP contribution in [0.1, 0.15) is 30.9 Å². The van der Waals surface area contributed by atoms with Crippen LogP contribution in [0.15, 0.2) is 30.3 Å². The van der Waals surface area contributed by atoms with E-state index in [4.69, 9.17) is 11.6 Å². The fraction of sp³-hybridized carbons (Fsp3) is 0.500. The molecule has 0 aromatic heterocycles. The highest BCUT2D eigenvalue weighted by Crippen LogP contribution is 2.38. The number of carbonyl (C=O) groups excluding carboxylic acids is 1. The van der Waals surface area contributed by atoms with Gasteiger partial charge in [0.15, 0.2) is 0 Å². The lowest BCUT2D eigenvalue weighted by Crippen LogP contribution is -2.58. The van der Waals surface area contributed by atoms with E-state index in [-0.39, 0.29) is 23.5 Å². The molecule has 3 rings (SSSR count). The summed E-state index contributed by atoms with van der Waals surface area (Å²) in [6, 6.07) is 10.5. The predicted octanol–water partition coefficient (Wildman–Crippen LogP) is 2.82. The molecule has 1 heterocycles. The first-order chi connectivity index (χ1) is 8.74. The van der Waals surface area contributed by atoms with Crippen molar-refractivity contribution in [1.29, 1.82) is 0 Å². The predicted molar refractivity (Wildman–Crippen MR) is 71.6 cm³/mol. The molecule has 0 radical (unpaired) electrons. The van der Waals surface area contributed by atoms with Crippen LogP contribution in [-0.2, 0) is 0 Å². The third-order valence-corrected chi connectivity index (χ3v) is 4.42. The SMILES string of the molecule is O=C1NC2CCC(Cl)CC2C(c2ccccc2)N1. The van der Waals surface area contributed by atoms with Gasteiger partial charge in [-0.15, -0.1) is 11.6 Å². The van der Waals surface area contributed by atoms with Crippen LogP contribution in [0.3, 0.4) is 0 Å². The molecule has 4 unspecified atom stereocenters. The number of amides is 2. The van der Waals surface area contributed by atoms with Crippen LogP contribution in [0.5, 0.6) is 0 Å². The van der Waals surface area contributed by atoms with Crippen molar-refractivity contribution < 1.29 is 4.79 Å².